The molecule has 0 unspecified atom stereocenters. The molecule has 0 spiro atoms. The molecule has 1 N–H and O–H groups in total. The molecule has 0 fully saturated rings. The highest BCUT2D eigenvalue weighted by molar-refractivity contribution is 5.93. The van der Waals surface area contributed by atoms with Gasteiger partial charge in [-0.05, 0) is 24.6 Å². The van der Waals surface area contributed by atoms with E-state index in [1.54, 1.807) is 41.3 Å². The number of amides is 1. The summed E-state index contributed by atoms with van der Waals surface area (Å²) in [7, 11) is 0. The third kappa shape index (κ3) is 2.74. The first kappa shape index (κ1) is 13.2. The van der Waals surface area contributed by atoms with Crippen molar-refractivity contribution in [3.05, 3.63) is 66.1 Å². The van der Waals surface area contributed by atoms with Gasteiger partial charge in [-0.25, -0.2) is 9.37 Å². The topological polar surface area (TPSA) is 59.3 Å². The Hall–Kier alpha value is -2.76. The molecule has 3 rings (SSSR count). The summed E-state index contributed by atoms with van der Waals surface area (Å²) in [6.07, 6.45) is 6.57. The number of halogens is 1. The zero-order chi connectivity index (χ0) is 14.8. The van der Waals surface area contributed by atoms with Gasteiger partial charge in [-0.3, -0.25) is 9.78 Å². The van der Waals surface area contributed by atoms with Crippen molar-refractivity contribution in [1.29, 1.82) is 0 Å². The van der Waals surface area contributed by atoms with E-state index in [2.05, 4.69) is 15.3 Å². The lowest BCUT2D eigenvalue weighted by molar-refractivity contribution is 0.0935. The van der Waals surface area contributed by atoms with Gasteiger partial charge in [-0.1, -0.05) is 12.1 Å². The van der Waals surface area contributed by atoms with Crippen molar-refractivity contribution < 1.29 is 9.18 Å². The van der Waals surface area contributed by atoms with Crippen molar-refractivity contribution in [2.24, 2.45) is 0 Å². The van der Waals surface area contributed by atoms with Crippen LogP contribution < -0.4 is 5.32 Å². The lowest BCUT2D eigenvalue weighted by atomic mass is 10.1. The predicted octanol–water partition coefficient (Wildman–Crippen LogP) is 2.36. The van der Waals surface area contributed by atoms with Gasteiger partial charge in [-0.2, -0.15) is 0 Å². The van der Waals surface area contributed by atoms with Gasteiger partial charge in [0, 0.05) is 18.6 Å². The maximum atomic E-state index is 12.9. The fourth-order valence-electron chi connectivity index (χ4n) is 2.06. The van der Waals surface area contributed by atoms with Gasteiger partial charge in [0.25, 0.3) is 5.91 Å². The Balaban J connectivity index is 1.77. The number of hydrogen-bond acceptors (Lipinski definition) is 3. The first-order valence-electron chi connectivity index (χ1n) is 6.48. The number of fused-ring (bicyclic) bond motifs is 1. The molecule has 2 heterocycles. The van der Waals surface area contributed by atoms with Crippen LogP contribution in [0.1, 0.15) is 29.0 Å². The molecule has 2 aromatic heterocycles. The van der Waals surface area contributed by atoms with E-state index < -0.39 is 0 Å². The second kappa shape index (κ2) is 5.32. The monoisotopic (exact) mass is 284 g/mol. The van der Waals surface area contributed by atoms with E-state index in [-0.39, 0.29) is 17.8 Å². The first-order chi connectivity index (χ1) is 10.1. The molecule has 1 aromatic carbocycles. The maximum absolute atomic E-state index is 12.9. The number of carbonyl (C=O) groups excluding carboxylic acids is 1. The van der Waals surface area contributed by atoms with Gasteiger partial charge < -0.3 is 9.72 Å². The zero-order valence-corrected chi connectivity index (χ0v) is 11.3. The van der Waals surface area contributed by atoms with Crippen molar-refractivity contribution >= 4 is 11.6 Å². The van der Waals surface area contributed by atoms with E-state index in [9.17, 15) is 9.18 Å². The third-order valence-corrected chi connectivity index (χ3v) is 3.21. The van der Waals surface area contributed by atoms with E-state index in [1.807, 2.05) is 6.92 Å². The number of benzene rings is 1. The van der Waals surface area contributed by atoms with Gasteiger partial charge in [0.2, 0.25) is 0 Å². The van der Waals surface area contributed by atoms with Crippen molar-refractivity contribution in [2.45, 2.75) is 13.0 Å². The van der Waals surface area contributed by atoms with Crippen molar-refractivity contribution in [3.8, 4) is 0 Å². The fraction of sp³-hybridized carbons (Fsp3) is 0.133. The molecule has 0 aliphatic carbocycles. The highest BCUT2D eigenvalue weighted by atomic mass is 19.1. The van der Waals surface area contributed by atoms with Gasteiger partial charge in [0.15, 0.2) is 5.65 Å². The Morgan fingerprint density at radius 1 is 1.33 bits per heavy atom. The van der Waals surface area contributed by atoms with E-state index in [1.165, 1.54) is 12.1 Å². The lowest BCUT2D eigenvalue weighted by Crippen LogP contribution is -2.26. The summed E-state index contributed by atoms with van der Waals surface area (Å²) in [5.41, 5.74) is 1.75. The minimum Gasteiger partial charge on any atom is -0.344 e. The fourth-order valence-corrected chi connectivity index (χ4v) is 2.06. The summed E-state index contributed by atoms with van der Waals surface area (Å²) < 4.78 is 14.6. The van der Waals surface area contributed by atoms with Crippen LogP contribution in [0.5, 0.6) is 0 Å². The molecule has 21 heavy (non-hydrogen) atoms. The van der Waals surface area contributed by atoms with E-state index in [0.717, 1.165) is 5.56 Å². The van der Waals surface area contributed by atoms with Gasteiger partial charge >= 0.3 is 0 Å². The lowest BCUT2D eigenvalue weighted by Gasteiger charge is -2.13. The van der Waals surface area contributed by atoms with Crippen LogP contribution in [-0.4, -0.2) is 20.3 Å². The molecule has 1 atom stereocenters. The summed E-state index contributed by atoms with van der Waals surface area (Å²) in [6, 6.07) is 5.80. The zero-order valence-electron chi connectivity index (χ0n) is 11.3. The van der Waals surface area contributed by atoms with Crippen molar-refractivity contribution in [1.82, 2.24) is 19.7 Å². The standard InChI is InChI=1S/C15H13FN4O/c1-10(11-2-4-12(16)5-3-11)18-15(21)13-9-20-7-6-17-8-14(20)19-13/h2-10H,1H3,(H,18,21)/t10-/m1/s1. The Labute approximate surface area is 120 Å². The second-order valence-corrected chi connectivity index (χ2v) is 4.71. The molecule has 3 aromatic rings. The molecule has 1 amide bonds. The molecule has 6 heteroatoms. The van der Waals surface area contributed by atoms with E-state index in [4.69, 9.17) is 0 Å². The van der Waals surface area contributed by atoms with Crippen LogP contribution in [0.3, 0.4) is 0 Å². The smallest absolute Gasteiger partial charge is 0.271 e. The van der Waals surface area contributed by atoms with Crippen molar-refractivity contribution in [2.75, 3.05) is 0 Å². The molecule has 0 aliphatic heterocycles. The second-order valence-electron chi connectivity index (χ2n) is 4.71. The van der Waals surface area contributed by atoms with E-state index in [0.29, 0.717) is 11.3 Å². The number of nitrogens with zero attached hydrogens (tertiary/aromatic N) is 3. The average molecular weight is 284 g/mol. The van der Waals surface area contributed by atoms with Crippen LogP contribution in [0.15, 0.2) is 49.1 Å². The minimum absolute atomic E-state index is 0.235. The molecule has 106 valence electrons. The summed E-state index contributed by atoms with van der Waals surface area (Å²) >= 11 is 0. The Bertz CT molecular complexity index is 749. The molecular weight excluding hydrogens is 271 g/mol. The SMILES string of the molecule is C[C@@H](NC(=O)c1cn2ccncc2n1)c1ccc(F)cc1. The third-order valence-electron chi connectivity index (χ3n) is 3.21. The van der Waals surface area contributed by atoms with Crippen LogP contribution >= 0.6 is 0 Å². The largest absolute Gasteiger partial charge is 0.344 e. The quantitative estimate of drug-likeness (QED) is 0.803. The van der Waals surface area contributed by atoms with Crippen LogP contribution in [0.25, 0.3) is 5.65 Å². The maximum Gasteiger partial charge on any atom is 0.271 e. The van der Waals surface area contributed by atoms with Crippen LogP contribution in [-0.2, 0) is 0 Å². The van der Waals surface area contributed by atoms with Gasteiger partial charge in [0.1, 0.15) is 11.5 Å². The van der Waals surface area contributed by atoms with Crippen LogP contribution in [0.2, 0.25) is 0 Å². The van der Waals surface area contributed by atoms with Gasteiger partial charge in [0.05, 0.1) is 12.2 Å². The summed E-state index contributed by atoms with van der Waals surface area (Å²) in [5.74, 6) is -0.583. The number of aromatic nitrogens is 3. The Morgan fingerprint density at radius 3 is 2.81 bits per heavy atom. The minimum atomic E-state index is -0.301. The number of rotatable bonds is 3. The predicted molar refractivity (Wildman–Crippen MR) is 75.3 cm³/mol. The first-order valence-corrected chi connectivity index (χ1v) is 6.48. The highest BCUT2D eigenvalue weighted by Crippen LogP contribution is 2.13. The summed E-state index contributed by atoms with van der Waals surface area (Å²) in [5, 5.41) is 2.84. The average Bonchev–Trinajstić information content (AvgIpc) is 2.92. The summed E-state index contributed by atoms with van der Waals surface area (Å²) in [4.78, 5) is 20.3. The highest BCUT2D eigenvalue weighted by Gasteiger charge is 2.14. The summed E-state index contributed by atoms with van der Waals surface area (Å²) in [6.45, 7) is 1.84. The molecule has 0 saturated heterocycles. The Morgan fingerprint density at radius 2 is 2.10 bits per heavy atom. The molecule has 0 bridgehead atoms. The molecular formula is C15H13FN4O. The number of hydrogen-bond donors (Lipinski definition) is 1. The normalized spacial score (nSPS) is 12.3. The molecule has 0 saturated carbocycles. The molecule has 0 radical (unpaired) electrons. The molecule has 5 nitrogen and oxygen atoms in total. The van der Waals surface area contributed by atoms with E-state index >= 15 is 0 Å². The number of imidazole rings is 1. The van der Waals surface area contributed by atoms with Gasteiger partial charge in [-0.15, -0.1) is 0 Å². The van der Waals surface area contributed by atoms with Crippen LogP contribution in [0.4, 0.5) is 4.39 Å². The van der Waals surface area contributed by atoms with Crippen LogP contribution in [0, 0.1) is 5.82 Å². The Kier molecular flexibility index (Phi) is 3.35. The van der Waals surface area contributed by atoms with Crippen molar-refractivity contribution in [3.63, 3.8) is 0 Å². The molecule has 0 aliphatic rings. The number of nitrogens with one attached hydrogen (secondary N) is 1. The number of carbonyl (C=O) groups is 1.